The van der Waals surface area contributed by atoms with E-state index in [2.05, 4.69) is 47.2 Å². The third-order valence-electron chi connectivity index (χ3n) is 8.56. The van der Waals surface area contributed by atoms with Gasteiger partial charge in [0.15, 0.2) is 0 Å². The lowest BCUT2D eigenvalue weighted by atomic mass is 10.1. The largest absolute Gasteiger partial charge is 0.339 e. The number of aryl methyl sites for hydroxylation is 2. The van der Waals surface area contributed by atoms with Crippen LogP contribution in [0.1, 0.15) is 85.9 Å². The number of aldehydes is 2. The molecule has 0 atom stereocenters. The Morgan fingerprint density at radius 1 is 0.548 bits per heavy atom. The minimum Gasteiger partial charge on any atom is -0.339 e. The Labute approximate surface area is 246 Å². The summed E-state index contributed by atoms with van der Waals surface area (Å²) in [5.41, 5.74) is 7.33. The van der Waals surface area contributed by atoms with Crippen molar-refractivity contribution in [1.82, 2.24) is 19.1 Å². The fourth-order valence-corrected chi connectivity index (χ4v) is 6.33. The van der Waals surface area contributed by atoms with Crippen LogP contribution in [0.2, 0.25) is 0 Å². The molecule has 4 heterocycles. The standard InChI is InChI=1S/C36H38N4O2/c1-3-5-7-9-15-39-33-13-11-25(23-41)17-27(33)29-19-31(37-21-35(29)39)32-20-30-28-18-26(24-42)12-14-34(28)40(36(30)22-38-32)16-10-8-6-4-2/h11-14,17-24H,3-10,15-16H2,1-2H3. The second-order valence-electron chi connectivity index (χ2n) is 11.4. The van der Waals surface area contributed by atoms with Crippen LogP contribution >= 0.6 is 0 Å². The number of hydrogen-bond acceptors (Lipinski definition) is 4. The van der Waals surface area contributed by atoms with Crippen LogP contribution < -0.4 is 0 Å². The van der Waals surface area contributed by atoms with E-state index in [4.69, 9.17) is 9.97 Å². The van der Waals surface area contributed by atoms with E-state index in [0.717, 1.165) is 93.5 Å². The minimum atomic E-state index is 0.670. The second kappa shape index (κ2) is 12.3. The molecule has 0 aliphatic rings. The summed E-state index contributed by atoms with van der Waals surface area (Å²) in [6, 6.07) is 16.1. The molecule has 214 valence electrons. The first-order chi connectivity index (χ1) is 20.7. The number of carbonyl (C=O) groups excluding carboxylic acids is 2. The Hall–Kier alpha value is -4.32. The Morgan fingerprint density at radius 2 is 0.976 bits per heavy atom. The molecule has 0 radical (unpaired) electrons. The lowest BCUT2D eigenvalue weighted by molar-refractivity contribution is 0.111. The molecule has 0 fully saturated rings. The maximum absolute atomic E-state index is 11.7. The van der Waals surface area contributed by atoms with E-state index in [1.807, 2.05) is 36.7 Å². The molecule has 6 rings (SSSR count). The molecule has 0 aliphatic heterocycles. The molecule has 42 heavy (non-hydrogen) atoms. The molecule has 0 bridgehead atoms. The third-order valence-corrected chi connectivity index (χ3v) is 8.56. The Balaban J connectivity index is 1.47. The van der Waals surface area contributed by atoms with E-state index in [9.17, 15) is 9.59 Å². The maximum atomic E-state index is 11.7. The summed E-state index contributed by atoms with van der Waals surface area (Å²) >= 11 is 0. The molecule has 0 amide bonds. The van der Waals surface area contributed by atoms with E-state index >= 15 is 0 Å². The maximum Gasteiger partial charge on any atom is 0.150 e. The van der Waals surface area contributed by atoms with Gasteiger partial charge in [-0.25, -0.2) is 0 Å². The lowest BCUT2D eigenvalue weighted by Gasteiger charge is -2.08. The van der Waals surface area contributed by atoms with Crippen molar-refractivity contribution in [3.63, 3.8) is 0 Å². The highest BCUT2D eigenvalue weighted by molar-refractivity contribution is 6.11. The fourth-order valence-electron chi connectivity index (χ4n) is 6.33. The van der Waals surface area contributed by atoms with Crippen molar-refractivity contribution >= 4 is 56.2 Å². The average Bonchev–Trinajstić information content (AvgIpc) is 3.51. The average molecular weight is 559 g/mol. The van der Waals surface area contributed by atoms with E-state index in [-0.39, 0.29) is 0 Å². The predicted molar refractivity (Wildman–Crippen MR) is 173 cm³/mol. The van der Waals surface area contributed by atoms with E-state index in [1.54, 1.807) is 0 Å². The SMILES string of the molecule is CCCCCCn1c2ccc(C=O)cc2c2cc(-c3cc4c5cc(C=O)ccc5n(CCCCCC)c4cn3)ncc21. The molecule has 0 N–H and O–H groups in total. The number of hydrogen-bond donors (Lipinski definition) is 0. The van der Waals surface area contributed by atoms with Crippen molar-refractivity contribution in [3.05, 3.63) is 72.1 Å². The van der Waals surface area contributed by atoms with Gasteiger partial charge in [0.1, 0.15) is 12.6 Å². The molecule has 0 unspecified atom stereocenters. The van der Waals surface area contributed by atoms with Crippen LogP contribution in [0.4, 0.5) is 0 Å². The molecule has 0 spiro atoms. The van der Waals surface area contributed by atoms with Crippen molar-refractivity contribution in [1.29, 1.82) is 0 Å². The summed E-state index contributed by atoms with van der Waals surface area (Å²) in [6.45, 7) is 6.29. The van der Waals surface area contributed by atoms with Crippen LogP contribution in [0.25, 0.3) is 55.0 Å². The predicted octanol–water partition coefficient (Wildman–Crippen LogP) is 9.14. The van der Waals surface area contributed by atoms with Crippen molar-refractivity contribution in [2.75, 3.05) is 0 Å². The molecule has 0 saturated carbocycles. The van der Waals surface area contributed by atoms with Gasteiger partial charge < -0.3 is 9.13 Å². The Bertz CT molecular complexity index is 1770. The van der Waals surface area contributed by atoms with Crippen LogP contribution in [0.5, 0.6) is 0 Å². The number of rotatable bonds is 13. The van der Waals surface area contributed by atoms with Gasteiger partial charge in [0.2, 0.25) is 0 Å². The number of aromatic nitrogens is 4. The molecule has 4 aromatic heterocycles. The van der Waals surface area contributed by atoms with E-state index < -0.39 is 0 Å². The van der Waals surface area contributed by atoms with Crippen LogP contribution in [0.3, 0.4) is 0 Å². The van der Waals surface area contributed by atoms with Gasteiger partial charge in [0, 0.05) is 56.8 Å². The fraction of sp³-hybridized carbons (Fsp3) is 0.333. The van der Waals surface area contributed by atoms with Gasteiger partial charge in [-0.3, -0.25) is 19.6 Å². The van der Waals surface area contributed by atoms with E-state index in [0.29, 0.717) is 11.1 Å². The number of nitrogens with zero attached hydrogens (tertiary/aromatic N) is 4. The zero-order chi connectivity index (χ0) is 29.1. The number of pyridine rings is 2. The highest BCUT2D eigenvalue weighted by atomic mass is 16.1. The first-order valence-electron chi connectivity index (χ1n) is 15.4. The molecular formula is C36H38N4O2. The van der Waals surface area contributed by atoms with Gasteiger partial charge in [0.25, 0.3) is 0 Å². The highest BCUT2D eigenvalue weighted by Crippen LogP contribution is 2.35. The van der Waals surface area contributed by atoms with Gasteiger partial charge in [-0.2, -0.15) is 0 Å². The third kappa shape index (κ3) is 5.11. The second-order valence-corrected chi connectivity index (χ2v) is 11.4. The summed E-state index contributed by atoms with van der Waals surface area (Å²) in [4.78, 5) is 33.1. The molecule has 6 heteroatoms. The molecule has 2 aromatic carbocycles. The molecule has 0 aliphatic carbocycles. The normalized spacial score (nSPS) is 11.8. The topological polar surface area (TPSA) is 69.8 Å². The van der Waals surface area contributed by atoms with Gasteiger partial charge >= 0.3 is 0 Å². The van der Waals surface area contributed by atoms with Crippen LogP contribution in [-0.2, 0) is 13.1 Å². The quantitative estimate of drug-likeness (QED) is 0.105. The van der Waals surface area contributed by atoms with Gasteiger partial charge in [0.05, 0.1) is 34.8 Å². The minimum absolute atomic E-state index is 0.670. The summed E-state index contributed by atoms with van der Waals surface area (Å²) < 4.78 is 4.69. The smallest absolute Gasteiger partial charge is 0.150 e. The van der Waals surface area contributed by atoms with Crippen molar-refractivity contribution < 1.29 is 9.59 Å². The molecule has 6 nitrogen and oxygen atoms in total. The molecular weight excluding hydrogens is 520 g/mol. The van der Waals surface area contributed by atoms with Gasteiger partial charge in [-0.1, -0.05) is 52.4 Å². The van der Waals surface area contributed by atoms with Crippen molar-refractivity contribution in [3.8, 4) is 11.4 Å². The van der Waals surface area contributed by atoms with Crippen LogP contribution in [-0.4, -0.2) is 31.7 Å². The summed E-state index contributed by atoms with van der Waals surface area (Å²) in [5.74, 6) is 0. The number of fused-ring (bicyclic) bond motifs is 6. The monoisotopic (exact) mass is 558 g/mol. The zero-order valence-corrected chi connectivity index (χ0v) is 24.6. The van der Waals surface area contributed by atoms with Crippen LogP contribution in [0, 0.1) is 0 Å². The Morgan fingerprint density at radius 3 is 1.38 bits per heavy atom. The van der Waals surface area contributed by atoms with Crippen molar-refractivity contribution in [2.24, 2.45) is 0 Å². The molecule has 6 aromatic rings. The zero-order valence-electron chi connectivity index (χ0n) is 24.6. The molecule has 0 saturated heterocycles. The number of benzene rings is 2. The van der Waals surface area contributed by atoms with E-state index in [1.165, 1.54) is 38.5 Å². The highest BCUT2D eigenvalue weighted by Gasteiger charge is 2.17. The lowest BCUT2D eigenvalue weighted by Crippen LogP contribution is -1.99. The van der Waals surface area contributed by atoms with Crippen molar-refractivity contribution in [2.45, 2.75) is 78.3 Å². The van der Waals surface area contributed by atoms with Gasteiger partial charge in [-0.15, -0.1) is 0 Å². The summed E-state index contributed by atoms with van der Waals surface area (Å²) in [5, 5.41) is 4.29. The first kappa shape index (κ1) is 27.8. The number of carbonyl (C=O) groups is 2. The summed E-state index contributed by atoms with van der Waals surface area (Å²) in [7, 11) is 0. The van der Waals surface area contributed by atoms with Crippen LogP contribution in [0.15, 0.2) is 60.9 Å². The van der Waals surface area contributed by atoms with Gasteiger partial charge in [-0.05, 0) is 61.4 Å². The number of unbranched alkanes of at least 4 members (excludes halogenated alkanes) is 6. The Kier molecular flexibility index (Phi) is 8.13. The first-order valence-corrected chi connectivity index (χ1v) is 15.4. The summed E-state index contributed by atoms with van der Waals surface area (Å²) in [6.07, 6.45) is 15.2.